The summed E-state index contributed by atoms with van der Waals surface area (Å²) in [7, 11) is 4.59. The molecule has 0 aromatic heterocycles. The van der Waals surface area contributed by atoms with E-state index in [4.69, 9.17) is 18.9 Å². The maximum absolute atomic E-state index is 12.2. The zero-order valence-electron chi connectivity index (χ0n) is 18.3. The SMILES string of the molecule is COc1ccc(/C=C/C(O)=C/C(=O)/C=C/c2ccc(OCCCF)c(OC)c2)cc1OC. The first kappa shape index (κ1) is 24.5. The summed E-state index contributed by atoms with van der Waals surface area (Å²) in [4.78, 5) is 12.1. The molecule has 0 aliphatic heterocycles. The average Bonchev–Trinajstić information content (AvgIpc) is 2.81. The minimum absolute atomic E-state index is 0.191. The van der Waals surface area contributed by atoms with Gasteiger partial charge in [-0.15, -0.1) is 0 Å². The second kappa shape index (κ2) is 12.8. The van der Waals surface area contributed by atoms with E-state index < -0.39 is 6.67 Å². The lowest BCUT2D eigenvalue weighted by atomic mass is 10.1. The third-order valence-corrected chi connectivity index (χ3v) is 4.31. The number of aliphatic hydroxyl groups is 1. The lowest BCUT2D eigenvalue weighted by Crippen LogP contribution is -2.00. The van der Waals surface area contributed by atoms with Crippen LogP contribution in [0, 0.1) is 0 Å². The first-order valence-corrected chi connectivity index (χ1v) is 9.90. The van der Waals surface area contributed by atoms with Gasteiger partial charge in [-0.2, -0.15) is 0 Å². The molecule has 0 atom stereocenters. The molecule has 0 amide bonds. The molecular weight excluding hydrogens is 415 g/mol. The molecule has 0 radical (unpaired) electrons. The van der Waals surface area contributed by atoms with E-state index in [1.165, 1.54) is 26.4 Å². The van der Waals surface area contributed by atoms with Gasteiger partial charge in [-0.05, 0) is 47.5 Å². The van der Waals surface area contributed by atoms with E-state index in [1.54, 1.807) is 55.7 Å². The molecule has 32 heavy (non-hydrogen) atoms. The summed E-state index contributed by atoms with van der Waals surface area (Å²) >= 11 is 0. The Labute approximate surface area is 187 Å². The molecule has 1 N–H and O–H groups in total. The maximum atomic E-state index is 12.2. The summed E-state index contributed by atoms with van der Waals surface area (Å²) in [6.07, 6.45) is 7.41. The van der Waals surface area contributed by atoms with Crippen LogP contribution in [0.4, 0.5) is 4.39 Å². The summed E-state index contributed by atoms with van der Waals surface area (Å²) in [5.41, 5.74) is 1.48. The molecule has 2 aromatic rings. The number of allylic oxidation sites excluding steroid dienone is 3. The lowest BCUT2D eigenvalue weighted by molar-refractivity contribution is -0.110. The first-order valence-electron chi connectivity index (χ1n) is 9.90. The molecule has 0 heterocycles. The largest absolute Gasteiger partial charge is 0.508 e. The molecule has 170 valence electrons. The number of methoxy groups -OCH3 is 3. The van der Waals surface area contributed by atoms with Crippen molar-refractivity contribution in [1.82, 2.24) is 0 Å². The van der Waals surface area contributed by atoms with Crippen LogP contribution >= 0.6 is 0 Å². The van der Waals surface area contributed by atoms with Gasteiger partial charge in [0.15, 0.2) is 28.8 Å². The van der Waals surface area contributed by atoms with E-state index in [1.807, 2.05) is 0 Å². The van der Waals surface area contributed by atoms with E-state index in [9.17, 15) is 14.3 Å². The number of rotatable bonds is 12. The molecule has 0 spiro atoms. The predicted molar refractivity (Wildman–Crippen MR) is 122 cm³/mol. The molecule has 0 bridgehead atoms. The van der Waals surface area contributed by atoms with Gasteiger partial charge in [0.05, 0.1) is 34.6 Å². The summed E-state index contributed by atoms with van der Waals surface area (Å²) in [5, 5.41) is 10.0. The Hall–Kier alpha value is -3.74. The van der Waals surface area contributed by atoms with Gasteiger partial charge in [-0.3, -0.25) is 9.18 Å². The highest BCUT2D eigenvalue weighted by Crippen LogP contribution is 2.29. The quantitative estimate of drug-likeness (QED) is 0.211. The van der Waals surface area contributed by atoms with Gasteiger partial charge in [0.1, 0.15) is 5.76 Å². The van der Waals surface area contributed by atoms with E-state index in [0.29, 0.717) is 35.0 Å². The Bertz CT molecular complexity index is 994. The van der Waals surface area contributed by atoms with E-state index in [2.05, 4.69) is 0 Å². The Morgan fingerprint density at radius 3 is 2.03 bits per heavy atom. The van der Waals surface area contributed by atoms with Gasteiger partial charge in [-0.1, -0.05) is 24.3 Å². The van der Waals surface area contributed by atoms with Gasteiger partial charge < -0.3 is 24.1 Å². The number of ketones is 1. The van der Waals surface area contributed by atoms with E-state index in [-0.39, 0.29) is 18.1 Å². The van der Waals surface area contributed by atoms with Crippen LogP contribution in [0.15, 0.2) is 60.4 Å². The molecule has 0 aliphatic carbocycles. The minimum atomic E-state index is -0.449. The Kier molecular flexibility index (Phi) is 9.84. The number of carbonyl (C=O) groups excluding carboxylic acids is 1. The van der Waals surface area contributed by atoms with Crippen molar-refractivity contribution in [2.75, 3.05) is 34.6 Å². The smallest absolute Gasteiger partial charge is 0.182 e. The van der Waals surface area contributed by atoms with Crippen LogP contribution in [-0.2, 0) is 4.79 Å². The van der Waals surface area contributed by atoms with Gasteiger partial charge in [0.25, 0.3) is 0 Å². The third kappa shape index (κ3) is 7.50. The van der Waals surface area contributed by atoms with Crippen LogP contribution in [0.3, 0.4) is 0 Å². The van der Waals surface area contributed by atoms with Crippen molar-refractivity contribution < 1.29 is 33.2 Å². The number of alkyl halides is 1. The maximum Gasteiger partial charge on any atom is 0.182 e. The van der Waals surface area contributed by atoms with Crippen molar-refractivity contribution in [1.29, 1.82) is 0 Å². The number of ether oxygens (including phenoxy) is 4. The van der Waals surface area contributed by atoms with Crippen molar-refractivity contribution in [3.8, 4) is 23.0 Å². The molecule has 2 aromatic carbocycles. The van der Waals surface area contributed by atoms with Crippen molar-refractivity contribution in [3.05, 3.63) is 71.5 Å². The summed E-state index contributed by atoms with van der Waals surface area (Å²) < 4.78 is 33.4. The van der Waals surface area contributed by atoms with E-state index >= 15 is 0 Å². The minimum Gasteiger partial charge on any atom is -0.508 e. The zero-order valence-corrected chi connectivity index (χ0v) is 18.3. The number of halogens is 1. The predicted octanol–water partition coefficient (Wildman–Crippen LogP) is 5.19. The van der Waals surface area contributed by atoms with Crippen LogP contribution in [0.25, 0.3) is 12.2 Å². The van der Waals surface area contributed by atoms with Gasteiger partial charge in [0.2, 0.25) is 0 Å². The summed E-state index contributed by atoms with van der Waals surface area (Å²) in [6, 6.07) is 10.4. The summed E-state index contributed by atoms with van der Waals surface area (Å²) in [5.74, 6) is 1.56. The Morgan fingerprint density at radius 1 is 0.875 bits per heavy atom. The monoisotopic (exact) mass is 442 g/mol. The molecule has 6 nitrogen and oxygen atoms in total. The topological polar surface area (TPSA) is 74.2 Å². The highest BCUT2D eigenvalue weighted by Gasteiger charge is 2.05. The molecule has 2 rings (SSSR count). The summed E-state index contributed by atoms with van der Waals surface area (Å²) in [6.45, 7) is -0.198. The Morgan fingerprint density at radius 2 is 1.44 bits per heavy atom. The van der Waals surface area contributed by atoms with Crippen LogP contribution in [-0.4, -0.2) is 45.5 Å². The standard InChI is InChI=1S/C25H27FO6/c1-29-22-11-7-18(15-24(22)30-2)5-9-20(27)17-21(28)10-6-19-8-12-23(25(16-19)31-3)32-14-4-13-26/h5-12,15-17,27H,4,13-14H2,1-3H3/b9-5+,10-6+,20-17-. The van der Waals surface area contributed by atoms with Gasteiger partial charge in [-0.25, -0.2) is 0 Å². The number of hydrogen-bond acceptors (Lipinski definition) is 6. The molecule has 0 unspecified atom stereocenters. The molecule has 0 fully saturated rings. The fraction of sp³-hybridized carbons (Fsp3) is 0.240. The zero-order chi connectivity index (χ0) is 23.3. The molecule has 0 saturated carbocycles. The number of carbonyl (C=O) groups is 1. The van der Waals surface area contributed by atoms with Crippen molar-refractivity contribution >= 4 is 17.9 Å². The number of aliphatic hydroxyl groups excluding tert-OH is 1. The van der Waals surface area contributed by atoms with Crippen LogP contribution < -0.4 is 18.9 Å². The number of benzene rings is 2. The number of hydrogen-bond donors (Lipinski definition) is 1. The van der Waals surface area contributed by atoms with Crippen LogP contribution in [0.1, 0.15) is 17.5 Å². The molecule has 0 aliphatic rings. The van der Waals surface area contributed by atoms with Crippen molar-refractivity contribution in [2.45, 2.75) is 6.42 Å². The van der Waals surface area contributed by atoms with Gasteiger partial charge >= 0.3 is 0 Å². The highest BCUT2D eigenvalue weighted by atomic mass is 19.1. The highest BCUT2D eigenvalue weighted by molar-refractivity contribution is 6.02. The van der Waals surface area contributed by atoms with Crippen molar-refractivity contribution in [2.24, 2.45) is 0 Å². The first-order chi connectivity index (χ1) is 15.5. The van der Waals surface area contributed by atoms with Crippen LogP contribution in [0.5, 0.6) is 23.0 Å². The van der Waals surface area contributed by atoms with Crippen molar-refractivity contribution in [3.63, 3.8) is 0 Å². The fourth-order valence-electron chi connectivity index (χ4n) is 2.70. The fourth-order valence-corrected chi connectivity index (χ4v) is 2.70. The molecule has 0 saturated heterocycles. The second-order valence-corrected chi connectivity index (χ2v) is 6.55. The molecule has 7 heteroatoms. The normalized spacial score (nSPS) is 11.7. The second-order valence-electron chi connectivity index (χ2n) is 6.55. The van der Waals surface area contributed by atoms with E-state index in [0.717, 1.165) is 11.6 Å². The van der Waals surface area contributed by atoms with Gasteiger partial charge in [0, 0.05) is 12.5 Å². The Balaban J connectivity index is 2.03. The lowest BCUT2D eigenvalue weighted by Gasteiger charge is -2.10. The third-order valence-electron chi connectivity index (χ3n) is 4.31. The molecular formula is C25H27FO6. The average molecular weight is 442 g/mol. The van der Waals surface area contributed by atoms with Crippen LogP contribution in [0.2, 0.25) is 0 Å².